The number of carboxylic acid groups (broad SMARTS) is 1. The normalized spacial score (nSPS) is 17.7. The van der Waals surface area contributed by atoms with Gasteiger partial charge in [-0.25, -0.2) is 4.39 Å². The Bertz CT molecular complexity index is 1430. The third kappa shape index (κ3) is 4.64. The predicted molar refractivity (Wildman–Crippen MR) is 129 cm³/mol. The van der Waals surface area contributed by atoms with Gasteiger partial charge in [0, 0.05) is 28.8 Å². The fraction of sp³-hybridized carbons (Fsp3) is 0.231. The molecule has 38 heavy (non-hydrogen) atoms. The van der Waals surface area contributed by atoms with Gasteiger partial charge in [-0.15, -0.1) is 0 Å². The number of anilines is 4. The summed E-state index contributed by atoms with van der Waals surface area (Å²) in [7, 11) is 0. The second kappa shape index (κ2) is 9.43. The standard InChI is InChI=1S/C26H21F4N3O5/c27-14-4-7-18(31)20(9-14)32-19-3-1-2-17-21(12-38-24(17)19)33(25(36)26(28,29)30)15-5-6-16-13(8-23(34)35)11-37-22(16)10-15/h1-7,9-10,13,21,32H,8,11-12,31H2,(H,34,35)/t13-,21+/m1/s1. The minimum Gasteiger partial charge on any atom is -0.493 e. The number of alkyl halides is 3. The van der Waals surface area contributed by atoms with Crippen LogP contribution in [0.4, 0.5) is 40.3 Å². The van der Waals surface area contributed by atoms with Crippen molar-refractivity contribution in [3.05, 3.63) is 71.5 Å². The van der Waals surface area contributed by atoms with Crippen LogP contribution >= 0.6 is 0 Å². The van der Waals surface area contributed by atoms with Gasteiger partial charge in [-0.1, -0.05) is 18.2 Å². The van der Waals surface area contributed by atoms with Gasteiger partial charge in [0.2, 0.25) is 0 Å². The van der Waals surface area contributed by atoms with Crippen LogP contribution in [0, 0.1) is 5.82 Å². The number of hydrogen-bond acceptors (Lipinski definition) is 6. The lowest BCUT2D eigenvalue weighted by Crippen LogP contribution is -2.44. The maximum atomic E-state index is 13.8. The van der Waals surface area contributed by atoms with E-state index in [1.165, 1.54) is 42.5 Å². The van der Waals surface area contributed by atoms with Crippen LogP contribution in [0.25, 0.3) is 0 Å². The molecule has 1 amide bonds. The Morgan fingerprint density at radius 3 is 2.55 bits per heavy atom. The van der Waals surface area contributed by atoms with Crippen LogP contribution in [0.15, 0.2) is 54.6 Å². The fourth-order valence-electron chi connectivity index (χ4n) is 4.69. The number of halogens is 4. The number of ether oxygens (including phenoxy) is 2. The Morgan fingerprint density at radius 2 is 1.82 bits per heavy atom. The fourth-order valence-corrected chi connectivity index (χ4v) is 4.69. The van der Waals surface area contributed by atoms with E-state index >= 15 is 0 Å². The van der Waals surface area contributed by atoms with Gasteiger partial charge in [-0.05, 0) is 30.3 Å². The zero-order valence-corrected chi connectivity index (χ0v) is 19.6. The zero-order chi connectivity index (χ0) is 27.2. The van der Waals surface area contributed by atoms with Crippen LogP contribution in [0.5, 0.6) is 11.5 Å². The van der Waals surface area contributed by atoms with Crippen LogP contribution in [0.1, 0.15) is 29.5 Å². The number of rotatable bonds is 6. The molecule has 0 fully saturated rings. The van der Waals surface area contributed by atoms with Crippen LogP contribution in [-0.2, 0) is 9.59 Å². The van der Waals surface area contributed by atoms with Gasteiger partial charge in [-0.2, -0.15) is 13.2 Å². The van der Waals surface area contributed by atoms with Gasteiger partial charge < -0.3 is 25.6 Å². The first-order valence-corrected chi connectivity index (χ1v) is 11.5. The summed E-state index contributed by atoms with van der Waals surface area (Å²) in [5.74, 6) is -3.73. The number of carbonyl (C=O) groups is 2. The summed E-state index contributed by atoms with van der Waals surface area (Å²) in [4.78, 5) is 24.4. The van der Waals surface area contributed by atoms with Crippen LogP contribution in [0.3, 0.4) is 0 Å². The molecule has 198 valence electrons. The maximum absolute atomic E-state index is 13.8. The first kappa shape index (κ1) is 25.2. The highest BCUT2D eigenvalue weighted by Crippen LogP contribution is 2.47. The molecule has 0 saturated heterocycles. The highest BCUT2D eigenvalue weighted by atomic mass is 19.4. The second-order valence-electron chi connectivity index (χ2n) is 8.91. The Hall–Kier alpha value is -4.48. The van der Waals surface area contributed by atoms with Crippen molar-refractivity contribution in [1.29, 1.82) is 0 Å². The molecule has 0 bridgehead atoms. The summed E-state index contributed by atoms with van der Waals surface area (Å²) in [6.07, 6.45) is -5.40. The third-order valence-electron chi connectivity index (χ3n) is 6.42. The number of aliphatic carboxylic acids is 1. The van der Waals surface area contributed by atoms with Crippen molar-refractivity contribution in [3.63, 3.8) is 0 Å². The van der Waals surface area contributed by atoms with Crippen LogP contribution < -0.4 is 25.4 Å². The number of nitrogens with zero attached hydrogens (tertiary/aromatic N) is 1. The highest BCUT2D eigenvalue weighted by molar-refractivity contribution is 5.98. The number of carboxylic acids is 1. The number of carbonyl (C=O) groups excluding carboxylic acids is 1. The van der Waals surface area contributed by atoms with E-state index in [0.717, 1.165) is 0 Å². The first-order valence-electron chi connectivity index (χ1n) is 11.5. The summed E-state index contributed by atoms with van der Waals surface area (Å²) in [5.41, 5.74) is 7.47. The zero-order valence-electron chi connectivity index (χ0n) is 19.6. The minimum atomic E-state index is -5.19. The molecule has 2 heterocycles. The molecule has 3 aromatic carbocycles. The van der Waals surface area contributed by atoms with E-state index in [4.69, 9.17) is 20.3 Å². The molecule has 12 heteroatoms. The number of nitrogen functional groups attached to an aromatic ring is 1. The summed E-state index contributed by atoms with van der Waals surface area (Å²) in [6.45, 7) is -0.222. The molecule has 0 aliphatic carbocycles. The largest absolute Gasteiger partial charge is 0.493 e. The Morgan fingerprint density at radius 1 is 1.03 bits per heavy atom. The lowest BCUT2D eigenvalue weighted by Gasteiger charge is -2.29. The highest BCUT2D eigenvalue weighted by Gasteiger charge is 2.48. The summed E-state index contributed by atoms with van der Waals surface area (Å²) < 4.78 is 66.3. The number of benzene rings is 3. The monoisotopic (exact) mass is 531 g/mol. The van der Waals surface area contributed by atoms with Crippen molar-refractivity contribution in [3.8, 4) is 11.5 Å². The van der Waals surface area contributed by atoms with E-state index in [-0.39, 0.29) is 48.2 Å². The number of amides is 1. The molecule has 2 aliphatic rings. The topological polar surface area (TPSA) is 114 Å². The second-order valence-corrected chi connectivity index (χ2v) is 8.91. The quantitative estimate of drug-likeness (QED) is 0.299. The van der Waals surface area contributed by atoms with Gasteiger partial charge in [0.1, 0.15) is 23.9 Å². The van der Waals surface area contributed by atoms with Gasteiger partial charge in [-0.3, -0.25) is 14.5 Å². The average Bonchev–Trinajstić information content (AvgIpc) is 3.46. The van der Waals surface area contributed by atoms with E-state index in [2.05, 4.69) is 5.32 Å². The minimum absolute atomic E-state index is 0.0614. The van der Waals surface area contributed by atoms with Gasteiger partial charge >= 0.3 is 18.1 Å². The molecular formula is C26H21F4N3O5. The summed E-state index contributed by atoms with van der Waals surface area (Å²) in [5, 5.41) is 12.1. The number of fused-ring (bicyclic) bond motifs is 2. The van der Waals surface area contributed by atoms with Gasteiger partial charge in [0.05, 0.1) is 36.1 Å². The van der Waals surface area contributed by atoms with Crippen LogP contribution in [0.2, 0.25) is 0 Å². The van der Waals surface area contributed by atoms with Gasteiger partial charge in [0.15, 0.2) is 0 Å². The first-order chi connectivity index (χ1) is 18.0. The van der Waals surface area contributed by atoms with Crippen LogP contribution in [-0.4, -0.2) is 36.4 Å². The molecule has 3 aromatic rings. The van der Waals surface area contributed by atoms with Gasteiger partial charge in [0.25, 0.3) is 0 Å². The lowest BCUT2D eigenvalue weighted by atomic mass is 9.97. The Balaban J connectivity index is 1.52. The Kier molecular flexibility index (Phi) is 6.25. The number of nitrogens with one attached hydrogen (secondary N) is 1. The molecule has 5 rings (SSSR count). The molecule has 0 aromatic heterocycles. The number of para-hydroxylation sites is 1. The van der Waals surface area contributed by atoms with Crippen molar-refractivity contribution < 1.29 is 41.7 Å². The molecule has 4 N–H and O–H groups in total. The third-order valence-corrected chi connectivity index (χ3v) is 6.42. The Labute approximate surface area is 213 Å². The molecule has 0 unspecified atom stereocenters. The van der Waals surface area contributed by atoms with E-state index in [0.29, 0.717) is 21.7 Å². The molecule has 0 spiro atoms. The van der Waals surface area contributed by atoms with E-state index < -0.39 is 35.8 Å². The van der Waals surface area contributed by atoms with Crippen molar-refractivity contribution in [2.24, 2.45) is 0 Å². The summed E-state index contributed by atoms with van der Waals surface area (Å²) >= 11 is 0. The predicted octanol–water partition coefficient (Wildman–Crippen LogP) is 5.13. The molecule has 0 saturated carbocycles. The summed E-state index contributed by atoms with van der Waals surface area (Å²) in [6, 6.07) is 11.4. The van der Waals surface area contributed by atoms with Crippen molar-refractivity contribution in [2.45, 2.75) is 24.6 Å². The molecule has 8 nitrogen and oxygen atoms in total. The smallest absolute Gasteiger partial charge is 0.471 e. The van der Waals surface area contributed by atoms with Crippen molar-refractivity contribution in [1.82, 2.24) is 0 Å². The van der Waals surface area contributed by atoms with Crippen molar-refractivity contribution >= 4 is 34.6 Å². The maximum Gasteiger partial charge on any atom is 0.471 e. The number of nitrogens with two attached hydrogens (primary N) is 1. The van der Waals surface area contributed by atoms with E-state index in [9.17, 15) is 27.2 Å². The molecule has 0 radical (unpaired) electrons. The number of hydrogen-bond donors (Lipinski definition) is 3. The molecular weight excluding hydrogens is 510 g/mol. The van der Waals surface area contributed by atoms with E-state index in [1.807, 2.05) is 0 Å². The average molecular weight is 531 g/mol. The molecule has 2 atom stereocenters. The van der Waals surface area contributed by atoms with E-state index in [1.54, 1.807) is 12.1 Å². The molecule has 2 aliphatic heterocycles. The lowest BCUT2D eigenvalue weighted by molar-refractivity contribution is -0.171. The SMILES string of the molecule is Nc1ccc(F)cc1Nc1cccc2c1OC[C@@H]2N(C(=O)C(F)(F)F)c1ccc2c(c1)OC[C@H]2CC(=O)O. The van der Waals surface area contributed by atoms with Crippen molar-refractivity contribution in [2.75, 3.05) is 29.2 Å².